The predicted octanol–water partition coefficient (Wildman–Crippen LogP) is 10.5. The second-order valence-corrected chi connectivity index (χ2v) is 14.7. The van der Waals surface area contributed by atoms with Gasteiger partial charge in [-0.05, 0) is 12.8 Å². The molecule has 43 heavy (non-hydrogen) atoms. The zero-order chi connectivity index (χ0) is 31.9. The standard InChI is InChI=1S/C36H73NO5S/c1-3-5-7-9-11-13-14-15-16-17-18-19-20-21-22-23-24-25-27-29-31-35(38)34(33-43(40,41)42)37-36(39)32-30-28-26-12-10-8-6-4-2/h34-35,38H,3-33H2,1-2H3,(H,37,39)(H,40,41,42). The van der Waals surface area contributed by atoms with Crippen LogP contribution < -0.4 is 5.32 Å². The zero-order valence-corrected chi connectivity index (χ0v) is 29.4. The van der Waals surface area contributed by atoms with Crippen LogP contribution in [0.5, 0.6) is 0 Å². The van der Waals surface area contributed by atoms with E-state index in [0.29, 0.717) is 12.8 Å². The molecule has 0 bridgehead atoms. The molecule has 0 saturated carbocycles. The summed E-state index contributed by atoms with van der Waals surface area (Å²) in [6.45, 7) is 4.48. The number of rotatable bonds is 34. The summed E-state index contributed by atoms with van der Waals surface area (Å²) in [5.74, 6) is -0.890. The summed E-state index contributed by atoms with van der Waals surface area (Å²) in [7, 11) is -4.29. The molecule has 258 valence electrons. The molecule has 1 amide bonds. The van der Waals surface area contributed by atoms with Gasteiger partial charge in [-0.3, -0.25) is 9.35 Å². The van der Waals surface area contributed by atoms with Crippen LogP contribution in [0.1, 0.15) is 206 Å². The van der Waals surface area contributed by atoms with Crippen LogP contribution in [0.15, 0.2) is 0 Å². The van der Waals surface area contributed by atoms with E-state index in [9.17, 15) is 22.9 Å². The van der Waals surface area contributed by atoms with Crippen molar-refractivity contribution in [1.82, 2.24) is 5.32 Å². The minimum atomic E-state index is -4.29. The first kappa shape index (κ1) is 42.3. The van der Waals surface area contributed by atoms with E-state index in [0.717, 1.165) is 38.5 Å². The SMILES string of the molecule is CCCCCCCCCCCCCCCCCCCCCCC(O)C(CS(=O)(=O)O)NC(=O)CCCCCCCCCC. The van der Waals surface area contributed by atoms with E-state index < -0.39 is 28.0 Å². The number of amides is 1. The molecule has 0 aromatic rings. The number of carbonyl (C=O) groups excluding carboxylic acids is 1. The summed E-state index contributed by atoms with van der Waals surface area (Å²) in [6.07, 6.45) is 35.0. The molecular weight excluding hydrogens is 558 g/mol. The van der Waals surface area contributed by atoms with Crippen LogP contribution in [0.3, 0.4) is 0 Å². The average Bonchev–Trinajstić information content (AvgIpc) is 2.96. The summed E-state index contributed by atoms with van der Waals surface area (Å²) in [5.41, 5.74) is 0. The third-order valence-electron chi connectivity index (χ3n) is 8.81. The highest BCUT2D eigenvalue weighted by Gasteiger charge is 2.26. The van der Waals surface area contributed by atoms with Gasteiger partial charge >= 0.3 is 0 Å². The van der Waals surface area contributed by atoms with Crippen molar-refractivity contribution in [3.63, 3.8) is 0 Å². The summed E-state index contributed by atoms with van der Waals surface area (Å²) in [6, 6.07) is -0.961. The van der Waals surface area contributed by atoms with Crippen LogP contribution in [-0.2, 0) is 14.9 Å². The summed E-state index contributed by atoms with van der Waals surface area (Å²) in [4.78, 5) is 12.4. The lowest BCUT2D eigenvalue weighted by molar-refractivity contribution is -0.122. The van der Waals surface area contributed by atoms with Gasteiger partial charge in [-0.2, -0.15) is 8.42 Å². The summed E-state index contributed by atoms with van der Waals surface area (Å²) < 4.78 is 32.3. The molecule has 2 atom stereocenters. The first-order valence-corrected chi connectivity index (χ1v) is 20.3. The molecule has 0 rings (SSSR count). The maximum Gasteiger partial charge on any atom is 0.266 e. The van der Waals surface area contributed by atoms with Crippen LogP contribution >= 0.6 is 0 Å². The van der Waals surface area contributed by atoms with Crippen LogP contribution in [0.2, 0.25) is 0 Å². The number of nitrogens with one attached hydrogen (secondary N) is 1. The number of aliphatic hydroxyl groups is 1. The van der Waals surface area contributed by atoms with Gasteiger partial charge in [-0.1, -0.05) is 187 Å². The molecular formula is C36H73NO5S. The highest BCUT2D eigenvalue weighted by molar-refractivity contribution is 7.85. The van der Waals surface area contributed by atoms with Crippen molar-refractivity contribution in [2.75, 3.05) is 5.75 Å². The van der Waals surface area contributed by atoms with Gasteiger partial charge in [0.2, 0.25) is 5.91 Å². The fraction of sp³-hybridized carbons (Fsp3) is 0.972. The van der Waals surface area contributed by atoms with Gasteiger partial charge in [0, 0.05) is 6.42 Å². The van der Waals surface area contributed by atoms with E-state index in [1.54, 1.807) is 0 Å². The Bertz CT molecular complexity index is 700. The van der Waals surface area contributed by atoms with Gasteiger partial charge in [0.1, 0.15) is 0 Å². The van der Waals surface area contributed by atoms with Gasteiger partial charge in [-0.15, -0.1) is 0 Å². The molecule has 0 fully saturated rings. The van der Waals surface area contributed by atoms with Crippen LogP contribution in [0.25, 0.3) is 0 Å². The van der Waals surface area contributed by atoms with Crippen molar-refractivity contribution in [3.05, 3.63) is 0 Å². The van der Waals surface area contributed by atoms with E-state index in [2.05, 4.69) is 19.2 Å². The minimum Gasteiger partial charge on any atom is -0.391 e. The smallest absolute Gasteiger partial charge is 0.266 e. The maximum absolute atomic E-state index is 12.4. The molecule has 0 saturated heterocycles. The average molecular weight is 632 g/mol. The summed E-state index contributed by atoms with van der Waals surface area (Å²) >= 11 is 0. The molecule has 2 unspecified atom stereocenters. The minimum absolute atomic E-state index is 0.248. The van der Waals surface area contributed by atoms with Crippen molar-refractivity contribution in [3.8, 4) is 0 Å². The highest BCUT2D eigenvalue weighted by Crippen LogP contribution is 2.16. The van der Waals surface area contributed by atoms with Crippen molar-refractivity contribution >= 4 is 16.0 Å². The lowest BCUT2D eigenvalue weighted by Gasteiger charge is -2.23. The van der Waals surface area contributed by atoms with Crippen LogP contribution in [-0.4, -0.2) is 41.9 Å². The van der Waals surface area contributed by atoms with Gasteiger partial charge in [0.25, 0.3) is 10.1 Å². The number of unbranched alkanes of at least 4 members (excludes halogenated alkanes) is 26. The maximum atomic E-state index is 12.4. The third kappa shape index (κ3) is 32.5. The zero-order valence-electron chi connectivity index (χ0n) is 28.6. The van der Waals surface area contributed by atoms with Gasteiger partial charge in [0.15, 0.2) is 0 Å². The van der Waals surface area contributed by atoms with Gasteiger partial charge < -0.3 is 10.4 Å². The molecule has 0 aliphatic heterocycles. The number of carbonyl (C=O) groups is 1. The lowest BCUT2D eigenvalue weighted by Crippen LogP contribution is -2.47. The molecule has 6 nitrogen and oxygen atoms in total. The molecule has 0 aromatic heterocycles. The lowest BCUT2D eigenvalue weighted by atomic mass is 10.0. The van der Waals surface area contributed by atoms with E-state index in [-0.39, 0.29) is 5.91 Å². The molecule has 0 aliphatic carbocycles. The van der Waals surface area contributed by atoms with E-state index in [4.69, 9.17) is 0 Å². The van der Waals surface area contributed by atoms with E-state index in [1.165, 1.54) is 141 Å². The topological polar surface area (TPSA) is 104 Å². The Hall–Kier alpha value is -0.660. The number of hydrogen-bond acceptors (Lipinski definition) is 4. The quantitative estimate of drug-likeness (QED) is 0.0484. The Morgan fingerprint density at radius 2 is 0.837 bits per heavy atom. The Morgan fingerprint density at radius 3 is 1.16 bits per heavy atom. The van der Waals surface area contributed by atoms with Crippen LogP contribution in [0.4, 0.5) is 0 Å². The Morgan fingerprint density at radius 1 is 0.535 bits per heavy atom. The molecule has 0 radical (unpaired) electrons. The molecule has 0 aliphatic rings. The number of aliphatic hydroxyl groups excluding tert-OH is 1. The molecule has 0 spiro atoms. The highest BCUT2D eigenvalue weighted by atomic mass is 32.2. The van der Waals surface area contributed by atoms with Gasteiger partial charge in [-0.25, -0.2) is 0 Å². The Balaban J connectivity index is 3.77. The Kier molecular flexibility index (Phi) is 30.8. The van der Waals surface area contributed by atoms with Crippen molar-refractivity contribution in [2.24, 2.45) is 0 Å². The molecule has 0 heterocycles. The fourth-order valence-electron chi connectivity index (χ4n) is 5.98. The molecule has 7 heteroatoms. The predicted molar refractivity (Wildman–Crippen MR) is 184 cm³/mol. The Labute approximate surface area is 268 Å². The third-order valence-corrected chi connectivity index (χ3v) is 9.59. The number of hydrogen-bond donors (Lipinski definition) is 3. The second kappa shape index (κ2) is 31.3. The largest absolute Gasteiger partial charge is 0.391 e. The van der Waals surface area contributed by atoms with Gasteiger partial charge in [0.05, 0.1) is 17.9 Å². The van der Waals surface area contributed by atoms with Crippen molar-refractivity contribution in [2.45, 2.75) is 219 Å². The molecule has 3 N–H and O–H groups in total. The van der Waals surface area contributed by atoms with Crippen LogP contribution in [0, 0.1) is 0 Å². The van der Waals surface area contributed by atoms with E-state index >= 15 is 0 Å². The monoisotopic (exact) mass is 632 g/mol. The summed E-state index contributed by atoms with van der Waals surface area (Å²) in [5, 5.41) is 13.3. The van der Waals surface area contributed by atoms with Crippen molar-refractivity contribution < 1.29 is 22.9 Å². The fourth-order valence-corrected chi connectivity index (χ4v) is 6.74. The van der Waals surface area contributed by atoms with E-state index in [1.807, 2.05) is 0 Å². The first-order chi connectivity index (χ1) is 20.8. The first-order valence-electron chi connectivity index (χ1n) is 18.7. The molecule has 0 aromatic carbocycles. The second-order valence-electron chi connectivity index (χ2n) is 13.2. The van der Waals surface area contributed by atoms with Crippen molar-refractivity contribution in [1.29, 1.82) is 0 Å². The normalized spacial score (nSPS) is 13.3.